The molecule has 0 bridgehead atoms. The van der Waals surface area contributed by atoms with Gasteiger partial charge in [-0.15, -0.1) is 0 Å². The summed E-state index contributed by atoms with van der Waals surface area (Å²) in [7, 11) is 0. The molecule has 0 aromatic heterocycles. The minimum Gasteiger partial charge on any atom is -0.310 e. The fourth-order valence-corrected chi connectivity index (χ4v) is 2.90. The Morgan fingerprint density at radius 3 is 2.82 bits per heavy atom. The third-order valence-electron chi connectivity index (χ3n) is 3.61. The van der Waals surface area contributed by atoms with Crippen molar-refractivity contribution < 1.29 is 0 Å². The Morgan fingerprint density at radius 1 is 1.41 bits per heavy atom. The van der Waals surface area contributed by atoms with Crippen LogP contribution in [0.4, 0.5) is 0 Å². The van der Waals surface area contributed by atoms with E-state index in [1.165, 1.54) is 41.3 Å². The molecule has 0 amide bonds. The minimum atomic E-state index is 0.509. The number of aryl methyl sites for hydroxylation is 1. The fourth-order valence-electron chi connectivity index (χ4n) is 2.36. The third-order valence-corrected chi connectivity index (χ3v) is 4.69. The van der Waals surface area contributed by atoms with Gasteiger partial charge >= 0.3 is 0 Å². The number of hydrogen-bond donors (Lipinski definition) is 1. The van der Waals surface area contributed by atoms with Crippen molar-refractivity contribution in [2.75, 3.05) is 6.54 Å². The van der Waals surface area contributed by atoms with Gasteiger partial charge < -0.3 is 5.32 Å². The van der Waals surface area contributed by atoms with E-state index in [0.717, 1.165) is 12.5 Å². The van der Waals surface area contributed by atoms with Crippen molar-refractivity contribution in [2.45, 2.75) is 45.6 Å². The lowest BCUT2D eigenvalue weighted by Gasteiger charge is -2.20. The predicted molar refractivity (Wildman–Crippen MR) is 77.3 cm³/mol. The van der Waals surface area contributed by atoms with Gasteiger partial charge in [-0.3, -0.25) is 0 Å². The van der Waals surface area contributed by atoms with Crippen LogP contribution in [0.5, 0.6) is 0 Å². The molecule has 0 spiro atoms. The SMILES string of the molecule is CCNC(CCC1CC1)c1cccc(C)c1Br. The van der Waals surface area contributed by atoms with Gasteiger partial charge in [0.15, 0.2) is 0 Å². The zero-order valence-electron chi connectivity index (χ0n) is 10.8. The molecule has 1 aromatic rings. The third kappa shape index (κ3) is 3.56. The molecule has 1 unspecified atom stereocenters. The number of benzene rings is 1. The molecule has 1 N–H and O–H groups in total. The summed E-state index contributed by atoms with van der Waals surface area (Å²) in [5, 5.41) is 3.62. The lowest BCUT2D eigenvalue weighted by atomic mass is 9.99. The topological polar surface area (TPSA) is 12.0 Å². The van der Waals surface area contributed by atoms with Crippen LogP contribution in [-0.4, -0.2) is 6.54 Å². The van der Waals surface area contributed by atoms with Crippen LogP contribution < -0.4 is 5.32 Å². The average molecular weight is 296 g/mol. The standard InChI is InChI=1S/C15H22BrN/c1-3-17-14(10-9-12-7-8-12)13-6-4-5-11(2)15(13)16/h4-6,12,14,17H,3,7-10H2,1-2H3. The van der Waals surface area contributed by atoms with Crippen LogP contribution in [0.1, 0.15) is 49.8 Å². The van der Waals surface area contributed by atoms with Crippen molar-refractivity contribution in [1.82, 2.24) is 5.32 Å². The summed E-state index contributed by atoms with van der Waals surface area (Å²) in [6.45, 7) is 5.39. The molecule has 1 fully saturated rings. The van der Waals surface area contributed by atoms with E-state index in [0.29, 0.717) is 6.04 Å². The van der Waals surface area contributed by atoms with Gasteiger partial charge in [-0.2, -0.15) is 0 Å². The van der Waals surface area contributed by atoms with Crippen LogP contribution in [0, 0.1) is 12.8 Å². The van der Waals surface area contributed by atoms with Crippen LogP contribution in [0.15, 0.2) is 22.7 Å². The van der Waals surface area contributed by atoms with E-state index in [2.05, 4.69) is 53.3 Å². The second kappa shape index (κ2) is 6.01. The Kier molecular flexibility index (Phi) is 4.63. The molecular weight excluding hydrogens is 274 g/mol. The van der Waals surface area contributed by atoms with Crippen molar-refractivity contribution in [3.63, 3.8) is 0 Å². The van der Waals surface area contributed by atoms with Gasteiger partial charge in [-0.25, -0.2) is 0 Å². The summed E-state index contributed by atoms with van der Waals surface area (Å²) in [6.07, 6.45) is 5.54. The monoisotopic (exact) mass is 295 g/mol. The molecule has 1 saturated carbocycles. The quantitative estimate of drug-likeness (QED) is 0.809. The van der Waals surface area contributed by atoms with E-state index in [4.69, 9.17) is 0 Å². The van der Waals surface area contributed by atoms with Crippen molar-refractivity contribution in [3.05, 3.63) is 33.8 Å². The zero-order valence-corrected chi connectivity index (χ0v) is 12.4. The second-order valence-electron chi connectivity index (χ2n) is 5.11. The number of hydrogen-bond acceptors (Lipinski definition) is 1. The molecule has 0 heterocycles. The van der Waals surface area contributed by atoms with Crippen LogP contribution in [-0.2, 0) is 0 Å². The zero-order chi connectivity index (χ0) is 12.3. The summed E-state index contributed by atoms with van der Waals surface area (Å²) in [5.74, 6) is 1.01. The van der Waals surface area contributed by atoms with E-state index in [1.54, 1.807) is 0 Å². The molecule has 17 heavy (non-hydrogen) atoms. The highest BCUT2D eigenvalue weighted by atomic mass is 79.9. The smallest absolute Gasteiger partial charge is 0.0331 e. The first-order valence-corrected chi connectivity index (χ1v) is 7.50. The normalized spacial score (nSPS) is 17.1. The molecule has 1 nitrogen and oxygen atoms in total. The Morgan fingerprint density at radius 2 is 2.18 bits per heavy atom. The Balaban J connectivity index is 2.09. The highest BCUT2D eigenvalue weighted by Crippen LogP contribution is 2.37. The molecule has 2 heteroatoms. The van der Waals surface area contributed by atoms with E-state index in [1.807, 2.05) is 0 Å². The van der Waals surface area contributed by atoms with Crippen LogP contribution in [0.3, 0.4) is 0 Å². The lowest BCUT2D eigenvalue weighted by molar-refractivity contribution is 0.480. The average Bonchev–Trinajstić information content (AvgIpc) is 3.12. The van der Waals surface area contributed by atoms with Crippen LogP contribution in [0.2, 0.25) is 0 Å². The maximum absolute atomic E-state index is 3.73. The predicted octanol–water partition coefficient (Wildman–Crippen LogP) is 4.60. The molecule has 1 atom stereocenters. The maximum Gasteiger partial charge on any atom is 0.0331 e. The molecule has 2 rings (SSSR count). The van der Waals surface area contributed by atoms with Gasteiger partial charge in [0.2, 0.25) is 0 Å². The van der Waals surface area contributed by atoms with E-state index < -0.39 is 0 Å². The molecule has 94 valence electrons. The van der Waals surface area contributed by atoms with E-state index in [9.17, 15) is 0 Å². The first-order chi connectivity index (χ1) is 8.22. The van der Waals surface area contributed by atoms with E-state index >= 15 is 0 Å². The Bertz CT molecular complexity index is 371. The van der Waals surface area contributed by atoms with Gasteiger partial charge in [-0.1, -0.05) is 53.9 Å². The number of halogens is 1. The first-order valence-electron chi connectivity index (χ1n) is 6.70. The summed E-state index contributed by atoms with van der Waals surface area (Å²) in [6, 6.07) is 7.08. The van der Waals surface area contributed by atoms with Gasteiger partial charge in [0.25, 0.3) is 0 Å². The summed E-state index contributed by atoms with van der Waals surface area (Å²) >= 11 is 3.73. The highest BCUT2D eigenvalue weighted by Gasteiger charge is 2.23. The van der Waals surface area contributed by atoms with Crippen molar-refractivity contribution in [1.29, 1.82) is 0 Å². The van der Waals surface area contributed by atoms with Gasteiger partial charge in [-0.05, 0) is 43.4 Å². The van der Waals surface area contributed by atoms with Crippen LogP contribution >= 0.6 is 15.9 Å². The molecule has 0 radical (unpaired) electrons. The number of rotatable bonds is 6. The molecule has 1 aliphatic carbocycles. The van der Waals surface area contributed by atoms with Crippen molar-refractivity contribution in [3.8, 4) is 0 Å². The van der Waals surface area contributed by atoms with Gasteiger partial charge in [0.1, 0.15) is 0 Å². The lowest BCUT2D eigenvalue weighted by Crippen LogP contribution is -2.21. The Labute approximate surface area is 113 Å². The maximum atomic E-state index is 3.73. The molecule has 1 aliphatic rings. The molecule has 0 aliphatic heterocycles. The molecule has 1 aromatic carbocycles. The minimum absolute atomic E-state index is 0.509. The second-order valence-corrected chi connectivity index (χ2v) is 5.90. The van der Waals surface area contributed by atoms with Gasteiger partial charge in [0.05, 0.1) is 0 Å². The Hall–Kier alpha value is -0.340. The fraction of sp³-hybridized carbons (Fsp3) is 0.600. The summed E-state index contributed by atoms with van der Waals surface area (Å²) in [4.78, 5) is 0. The summed E-state index contributed by atoms with van der Waals surface area (Å²) < 4.78 is 1.28. The van der Waals surface area contributed by atoms with Crippen LogP contribution in [0.25, 0.3) is 0 Å². The van der Waals surface area contributed by atoms with Crippen molar-refractivity contribution >= 4 is 15.9 Å². The van der Waals surface area contributed by atoms with E-state index in [-0.39, 0.29) is 0 Å². The molecule has 0 saturated heterocycles. The first kappa shape index (κ1) is 13.1. The number of nitrogens with one attached hydrogen (secondary N) is 1. The highest BCUT2D eigenvalue weighted by molar-refractivity contribution is 9.10. The van der Waals surface area contributed by atoms with Gasteiger partial charge in [0, 0.05) is 10.5 Å². The van der Waals surface area contributed by atoms with Crippen molar-refractivity contribution in [2.24, 2.45) is 5.92 Å². The summed E-state index contributed by atoms with van der Waals surface area (Å²) in [5.41, 5.74) is 2.75. The molecular formula is C15H22BrN. The largest absolute Gasteiger partial charge is 0.310 e.